The van der Waals surface area contributed by atoms with E-state index in [9.17, 15) is 4.79 Å². The van der Waals surface area contributed by atoms with E-state index in [0.717, 1.165) is 0 Å². The minimum Gasteiger partial charge on any atom is -0.478 e. The SMILES string of the molecule is O=C(O)c1[c]cc(Cl)c(Cl)c1. The van der Waals surface area contributed by atoms with Gasteiger partial charge in [-0.25, -0.2) is 4.79 Å². The maximum absolute atomic E-state index is 10.3. The van der Waals surface area contributed by atoms with Crippen LogP contribution < -0.4 is 0 Å². The molecule has 0 unspecified atom stereocenters. The van der Waals surface area contributed by atoms with E-state index in [1.54, 1.807) is 0 Å². The van der Waals surface area contributed by atoms with Crippen molar-refractivity contribution < 1.29 is 9.90 Å². The molecule has 0 fully saturated rings. The molecule has 1 radical (unpaired) electrons. The lowest BCUT2D eigenvalue weighted by Crippen LogP contribution is -1.95. The maximum atomic E-state index is 10.3. The first-order valence-electron chi connectivity index (χ1n) is 2.71. The van der Waals surface area contributed by atoms with Gasteiger partial charge in [-0.3, -0.25) is 0 Å². The molecule has 1 rings (SSSR count). The van der Waals surface area contributed by atoms with Gasteiger partial charge in [-0.15, -0.1) is 0 Å². The quantitative estimate of drug-likeness (QED) is 0.738. The molecule has 0 aliphatic carbocycles. The van der Waals surface area contributed by atoms with Crippen LogP contribution in [0.2, 0.25) is 10.0 Å². The summed E-state index contributed by atoms with van der Waals surface area (Å²) in [5.41, 5.74) is 0.0133. The van der Waals surface area contributed by atoms with E-state index in [0.29, 0.717) is 5.02 Å². The summed E-state index contributed by atoms with van der Waals surface area (Å²) in [4.78, 5) is 10.3. The molecule has 0 saturated carbocycles. The van der Waals surface area contributed by atoms with Crippen molar-refractivity contribution in [1.29, 1.82) is 0 Å². The first kappa shape index (κ1) is 8.37. The molecular formula is C7H3Cl2O2. The van der Waals surface area contributed by atoms with Crippen molar-refractivity contribution in [3.05, 3.63) is 33.8 Å². The number of hydrogen-bond acceptors (Lipinski definition) is 1. The van der Waals surface area contributed by atoms with Crippen LogP contribution in [-0.4, -0.2) is 11.1 Å². The molecule has 11 heavy (non-hydrogen) atoms. The normalized spacial score (nSPS) is 9.64. The largest absolute Gasteiger partial charge is 0.478 e. The summed E-state index contributed by atoms with van der Waals surface area (Å²) in [7, 11) is 0. The Bertz CT molecular complexity index is 296. The summed E-state index contributed by atoms with van der Waals surface area (Å²) in [5.74, 6) is -1.07. The lowest BCUT2D eigenvalue weighted by atomic mass is 10.2. The molecule has 0 atom stereocenters. The van der Waals surface area contributed by atoms with Crippen molar-refractivity contribution in [3.8, 4) is 0 Å². The van der Waals surface area contributed by atoms with E-state index < -0.39 is 5.97 Å². The van der Waals surface area contributed by atoms with Crippen molar-refractivity contribution in [3.63, 3.8) is 0 Å². The Morgan fingerprint density at radius 3 is 2.55 bits per heavy atom. The van der Waals surface area contributed by atoms with E-state index in [4.69, 9.17) is 28.3 Å². The number of halogens is 2. The third-order valence-electron chi connectivity index (χ3n) is 1.08. The highest BCUT2D eigenvalue weighted by Crippen LogP contribution is 2.21. The van der Waals surface area contributed by atoms with Gasteiger partial charge in [0, 0.05) is 0 Å². The van der Waals surface area contributed by atoms with Crippen LogP contribution in [-0.2, 0) is 0 Å². The lowest BCUT2D eigenvalue weighted by molar-refractivity contribution is 0.0696. The van der Waals surface area contributed by atoms with Crippen LogP contribution in [0.1, 0.15) is 10.4 Å². The van der Waals surface area contributed by atoms with Gasteiger partial charge in [0.15, 0.2) is 0 Å². The summed E-state index contributed by atoms with van der Waals surface area (Å²) < 4.78 is 0. The minimum atomic E-state index is -1.07. The zero-order valence-corrected chi connectivity index (χ0v) is 6.78. The highest BCUT2D eigenvalue weighted by molar-refractivity contribution is 6.42. The maximum Gasteiger partial charge on any atom is 0.336 e. The Hall–Kier alpha value is -0.730. The Morgan fingerprint density at radius 2 is 2.09 bits per heavy atom. The number of carboxylic acid groups (broad SMARTS) is 1. The average molecular weight is 190 g/mol. The molecule has 4 heteroatoms. The topological polar surface area (TPSA) is 37.3 Å². The molecule has 1 aromatic rings. The Balaban J connectivity index is 3.15. The smallest absolute Gasteiger partial charge is 0.336 e. The van der Waals surface area contributed by atoms with Crippen LogP contribution in [0, 0.1) is 6.07 Å². The fourth-order valence-electron chi connectivity index (χ4n) is 0.571. The number of aromatic carboxylic acids is 1. The molecule has 0 heterocycles. The molecule has 1 N–H and O–H groups in total. The summed E-state index contributed by atoms with van der Waals surface area (Å²) in [6.45, 7) is 0. The lowest BCUT2D eigenvalue weighted by Gasteiger charge is -1.95. The standard InChI is InChI=1S/C7H3Cl2O2/c8-5-2-1-4(7(10)11)3-6(5)9/h2-3H,(H,10,11). The fourth-order valence-corrected chi connectivity index (χ4v) is 0.844. The van der Waals surface area contributed by atoms with Gasteiger partial charge < -0.3 is 5.11 Å². The van der Waals surface area contributed by atoms with Gasteiger partial charge in [0.1, 0.15) is 0 Å². The molecule has 0 aromatic heterocycles. The third-order valence-corrected chi connectivity index (χ3v) is 1.81. The molecule has 2 nitrogen and oxygen atoms in total. The Morgan fingerprint density at radius 1 is 1.45 bits per heavy atom. The monoisotopic (exact) mass is 189 g/mol. The Labute approximate surface area is 73.4 Å². The van der Waals surface area contributed by atoms with Gasteiger partial charge >= 0.3 is 5.97 Å². The van der Waals surface area contributed by atoms with Gasteiger partial charge in [0.05, 0.1) is 15.6 Å². The average Bonchev–Trinajstić information content (AvgIpc) is 1.94. The molecule has 57 valence electrons. The Kier molecular flexibility index (Phi) is 2.37. The van der Waals surface area contributed by atoms with Gasteiger partial charge in [0.25, 0.3) is 0 Å². The van der Waals surface area contributed by atoms with Crippen LogP contribution in [0.15, 0.2) is 12.1 Å². The summed E-state index contributed by atoms with van der Waals surface area (Å²) >= 11 is 11.1. The number of hydrogen-bond donors (Lipinski definition) is 1. The summed E-state index contributed by atoms with van der Waals surface area (Å²) in [5, 5.41) is 8.99. The van der Waals surface area contributed by atoms with Gasteiger partial charge in [-0.05, 0) is 18.2 Å². The van der Waals surface area contributed by atoms with E-state index in [2.05, 4.69) is 6.07 Å². The number of rotatable bonds is 1. The van der Waals surface area contributed by atoms with Crippen LogP contribution in [0.5, 0.6) is 0 Å². The molecule has 0 amide bonds. The second-order valence-electron chi connectivity index (χ2n) is 1.85. The first-order chi connectivity index (χ1) is 5.11. The van der Waals surface area contributed by atoms with Crippen molar-refractivity contribution in [2.45, 2.75) is 0 Å². The van der Waals surface area contributed by atoms with Gasteiger partial charge in [-0.1, -0.05) is 23.2 Å². The fraction of sp³-hybridized carbons (Fsp3) is 0. The first-order valence-corrected chi connectivity index (χ1v) is 3.47. The van der Waals surface area contributed by atoms with Crippen molar-refractivity contribution in [2.75, 3.05) is 0 Å². The van der Waals surface area contributed by atoms with Crippen LogP contribution in [0.4, 0.5) is 0 Å². The van der Waals surface area contributed by atoms with Crippen LogP contribution in [0.3, 0.4) is 0 Å². The second kappa shape index (κ2) is 3.11. The molecule has 0 aliphatic rings. The molecular weight excluding hydrogens is 187 g/mol. The zero-order chi connectivity index (χ0) is 8.43. The van der Waals surface area contributed by atoms with Crippen molar-refractivity contribution in [1.82, 2.24) is 0 Å². The van der Waals surface area contributed by atoms with Crippen LogP contribution >= 0.6 is 23.2 Å². The molecule has 0 saturated heterocycles. The zero-order valence-electron chi connectivity index (χ0n) is 5.27. The molecule has 1 aromatic carbocycles. The van der Waals surface area contributed by atoms with Crippen LogP contribution in [0.25, 0.3) is 0 Å². The summed E-state index contributed by atoms with van der Waals surface area (Å²) in [6.07, 6.45) is 0. The number of carbonyl (C=O) groups is 1. The predicted octanol–water partition coefficient (Wildman–Crippen LogP) is 2.49. The van der Waals surface area contributed by atoms with E-state index in [-0.39, 0.29) is 10.6 Å². The number of carboxylic acids is 1. The number of benzene rings is 1. The highest BCUT2D eigenvalue weighted by Gasteiger charge is 2.04. The third kappa shape index (κ3) is 1.85. The minimum absolute atomic E-state index is 0.0133. The van der Waals surface area contributed by atoms with E-state index in [1.165, 1.54) is 12.1 Å². The van der Waals surface area contributed by atoms with Crippen molar-refractivity contribution in [2.24, 2.45) is 0 Å². The predicted molar refractivity (Wildman–Crippen MR) is 42.3 cm³/mol. The second-order valence-corrected chi connectivity index (χ2v) is 2.66. The molecule has 0 bridgehead atoms. The van der Waals surface area contributed by atoms with Gasteiger partial charge in [0.2, 0.25) is 0 Å². The van der Waals surface area contributed by atoms with Crippen molar-refractivity contribution >= 4 is 29.2 Å². The molecule has 0 spiro atoms. The molecule has 0 aliphatic heterocycles. The summed E-state index contributed by atoms with van der Waals surface area (Å²) in [6, 6.07) is 5.04. The van der Waals surface area contributed by atoms with E-state index in [1.807, 2.05) is 0 Å². The van der Waals surface area contributed by atoms with Gasteiger partial charge in [-0.2, -0.15) is 0 Å². The highest BCUT2D eigenvalue weighted by atomic mass is 35.5. The van der Waals surface area contributed by atoms with E-state index >= 15 is 0 Å².